The molecule has 0 unspecified atom stereocenters. The molecule has 24 heavy (non-hydrogen) atoms. The Hall–Kier alpha value is -2.93. The first kappa shape index (κ1) is 17.4. The number of hydrogen-bond acceptors (Lipinski definition) is 4. The van der Waals surface area contributed by atoms with Crippen LogP contribution in [0.3, 0.4) is 0 Å². The Morgan fingerprint density at radius 3 is 2.17 bits per heavy atom. The number of carbonyl (C=O) groups excluding carboxylic acids is 2. The van der Waals surface area contributed by atoms with Crippen molar-refractivity contribution in [1.82, 2.24) is 0 Å². The van der Waals surface area contributed by atoms with Gasteiger partial charge in [0.05, 0.1) is 17.2 Å². The molecule has 4 heteroatoms. The van der Waals surface area contributed by atoms with Crippen molar-refractivity contribution in [3.8, 4) is 6.07 Å². The molecule has 0 amide bonds. The van der Waals surface area contributed by atoms with Gasteiger partial charge in [0.25, 0.3) is 0 Å². The predicted octanol–water partition coefficient (Wildman–Crippen LogP) is 3.94. The molecule has 4 nitrogen and oxygen atoms in total. The van der Waals surface area contributed by atoms with Gasteiger partial charge in [0.2, 0.25) is 5.78 Å². The highest BCUT2D eigenvalue weighted by atomic mass is 16.5. The lowest BCUT2D eigenvalue weighted by Crippen LogP contribution is -2.24. The van der Waals surface area contributed by atoms with E-state index in [1.807, 2.05) is 18.2 Å². The van der Waals surface area contributed by atoms with Crippen molar-refractivity contribution in [2.24, 2.45) is 0 Å². The standard InChI is InChI=1S/C20H19NO3/c1-3-4-15-5-9-17(10-6-15)19(22)14(2)24-20(23)18-11-7-16(13-21)8-12-18/h5-12,14H,3-4H2,1-2H3/t14-/m1/s1. The molecule has 122 valence electrons. The molecule has 0 aliphatic heterocycles. The second-order valence-electron chi connectivity index (χ2n) is 5.55. The molecule has 0 spiro atoms. The van der Waals surface area contributed by atoms with Gasteiger partial charge in [-0.25, -0.2) is 4.79 Å². The third kappa shape index (κ3) is 4.30. The van der Waals surface area contributed by atoms with Gasteiger partial charge in [-0.2, -0.15) is 5.26 Å². The van der Waals surface area contributed by atoms with Crippen LogP contribution in [-0.2, 0) is 11.2 Å². The van der Waals surface area contributed by atoms with E-state index in [4.69, 9.17) is 10.00 Å². The van der Waals surface area contributed by atoms with Gasteiger partial charge in [-0.3, -0.25) is 4.79 Å². The summed E-state index contributed by atoms with van der Waals surface area (Å²) >= 11 is 0. The highest BCUT2D eigenvalue weighted by molar-refractivity contribution is 6.01. The molecule has 2 rings (SSSR count). The molecule has 0 N–H and O–H groups in total. The topological polar surface area (TPSA) is 67.2 Å². The van der Waals surface area contributed by atoms with Crippen molar-refractivity contribution < 1.29 is 14.3 Å². The Balaban J connectivity index is 2.02. The number of nitriles is 1. The van der Waals surface area contributed by atoms with Gasteiger partial charge in [-0.1, -0.05) is 37.6 Å². The molecule has 0 aliphatic rings. The third-order valence-electron chi connectivity index (χ3n) is 3.68. The largest absolute Gasteiger partial charge is 0.451 e. The molecule has 2 aromatic rings. The zero-order valence-electron chi connectivity index (χ0n) is 13.8. The van der Waals surface area contributed by atoms with Gasteiger partial charge in [-0.15, -0.1) is 0 Å². The Bertz CT molecular complexity index is 755. The molecule has 0 saturated heterocycles. The van der Waals surface area contributed by atoms with Crippen LogP contribution in [0.25, 0.3) is 0 Å². The summed E-state index contributed by atoms with van der Waals surface area (Å²) in [6.45, 7) is 3.66. The zero-order chi connectivity index (χ0) is 17.5. The van der Waals surface area contributed by atoms with E-state index in [0.29, 0.717) is 16.7 Å². The van der Waals surface area contributed by atoms with Gasteiger partial charge in [0.1, 0.15) is 0 Å². The van der Waals surface area contributed by atoms with E-state index in [1.165, 1.54) is 29.8 Å². The summed E-state index contributed by atoms with van der Waals surface area (Å²) in [6, 6.07) is 15.4. The van der Waals surface area contributed by atoms with Crippen molar-refractivity contribution in [3.63, 3.8) is 0 Å². The number of ether oxygens (including phenoxy) is 1. The maximum atomic E-state index is 12.4. The Morgan fingerprint density at radius 2 is 1.62 bits per heavy atom. The van der Waals surface area contributed by atoms with Crippen molar-refractivity contribution in [2.75, 3.05) is 0 Å². The summed E-state index contributed by atoms with van der Waals surface area (Å²) in [7, 11) is 0. The summed E-state index contributed by atoms with van der Waals surface area (Å²) < 4.78 is 5.23. The average Bonchev–Trinajstić information content (AvgIpc) is 2.62. The van der Waals surface area contributed by atoms with E-state index < -0.39 is 12.1 Å². The van der Waals surface area contributed by atoms with Crippen LogP contribution in [0.15, 0.2) is 48.5 Å². The van der Waals surface area contributed by atoms with Crippen LogP contribution in [0.4, 0.5) is 0 Å². The monoisotopic (exact) mass is 321 g/mol. The van der Waals surface area contributed by atoms with Crippen LogP contribution < -0.4 is 0 Å². The van der Waals surface area contributed by atoms with Crippen molar-refractivity contribution >= 4 is 11.8 Å². The molecule has 1 atom stereocenters. The molecule has 0 saturated carbocycles. The summed E-state index contributed by atoms with van der Waals surface area (Å²) in [5.74, 6) is -0.817. The van der Waals surface area contributed by atoms with E-state index in [1.54, 1.807) is 19.1 Å². The van der Waals surface area contributed by atoms with Gasteiger partial charge in [0, 0.05) is 5.56 Å². The minimum Gasteiger partial charge on any atom is -0.451 e. The molecule has 0 fully saturated rings. The summed E-state index contributed by atoms with van der Waals surface area (Å²) in [5, 5.41) is 8.75. The van der Waals surface area contributed by atoms with Crippen molar-refractivity contribution in [2.45, 2.75) is 32.8 Å². The maximum Gasteiger partial charge on any atom is 0.338 e. The highest BCUT2D eigenvalue weighted by Crippen LogP contribution is 2.12. The fraction of sp³-hybridized carbons (Fsp3) is 0.250. The first-order valence-electron chi connectivity index (χ1n) is 7.89. The Morgan fingerprint density at radius 1 is 1.04 bits per heavy atom. The van der Waals surface area contributed by atoms with Gasteiger partial charge < -0.3 is 4.74 Å². The molecule has 0 radical (unpaired) electrons. The number of esters is 1. The zero-order valence-corrected chi connectivity index (χ0v) is 13.8. The van der Waals surface area contributed by atoms with Crippen LogP contribution >= 0.6 is 0 Å². The number of hydrogen-bond donors (Lipinski definition) is 0. The smallest absolute Gasteiger partial charge is 0.338 e. The average molecular weight is 321 g/mol. The van der Waals surface area contributed by atoms with E-state index in [0.717, 1.165) is 12.8 Å². The number of rotatable bonds is 6. The number of aryl methyl sites for hydroxylation is 1. The number of nitrogens with zero attached hydrogens (tertiary/aromatic N) is 1. The summed E-state index contributed by atoms with van der Waals surface area (Å²) in [4.78, 5) is 24.4. The number of carbonyl (C=O) groups is 2. The quantitative estimate of drug-likeness (QED) is 0.597. The summed E-state index contributed by atoms with van der Waals surface area (Å²) in [6.07, 6.45) is 1.15. The van der Waals surface area contributed by atoms with Gasteiger partial charge >= 0.3 is 5.97 Å². The fourth-order valence-corrected chi connectivity index (χ4v) is 2.32. The van der Waals surface area contributed by atoms with Crippen LogP contribution in [0.2, 0.25) is 0 Å². The molecule has 0 heterocycles. The summed E-state index contributed by atoms with van der Waals surface area (Å²) in [5.41, 5.74) is 2.47. The van der Waals surface area contributed by atoms with E-state index >= 15 is 0 Å². The van der Waals surface area contributed by atoms with Gasteiger partial charge in [0.15, 0.2) is 6.10 Å². The predicted molar refractivity (Wildman–Crippen MR) is 90.8 cm³/mol. The van der Waals surface area contributed by atoms with Crippen LogP contribution in [-0.4, -0.2) is 17.9 Å². The lowest BCUT2D eigenvalue weighted by atomic mass is 10.0. The number of Topliss-reactive ketones (excluding diaryl/α,β-unsaturated/α-hetero) is 1. The van der Waals surface area contributed by atoms with Crippen LogP contribution in [0.1, 0.15) is 52.1 Å². The van der Waals surface area contributed by atoms with Crippen molar-refractivity contribution in [3.05, 3.63) is 70.8 Å². The molecule has 0 aliphatic carbocycles. The molecular weight excluding hydrogens is 302 g/mol. The van der Waals surface area contributed by atoms with E-state index in [9.17, 15) is 9.59 Å². The molecule has 0 bridgehead atoms. The van der Waals surface area contributed by atoms with E-state index in [-0.39, 0.29) is 5.78 Å². The first-order valence-corrected chi connectivity index (χ1v) is 7.89. The van der Waals surface area contributed by atoms with Crippen LogP contribution in [0, 0.1) is 11.3 Å². The Kier molecular flexibility index (Phi) is 5.86. The second kappa shape index (κ2) is 8.07. The van der Waals surface area contributed by atoms with Crippen molar-refractivity contribution in [1.29, 1.82) is 5.26 Å². The lowest BCUT2D eigenvalue weighted by Gasteiger charge is -2.12. The fourth-order valence-electron chi connectivity index (χ4n) is 2.32. The normalized spacial score (nSPS) is 11.4. The van der Waals surface area contributed by atoms with E-state index in [2.05, 4.69) is 6.92 Å². The highest BCUT2D eigenvalue weighted by Gasteiger charge is 2.20. The third-order valence-corrected chi connectivity index (χ3v) is 3.68. The van der Waals surface area contributed by atoms with Crippen LogP contribution in [0.5, 0.6) is 0 Å². The minimum absolute atomic E-state index is 0.236. The molecular formula is C20H19NO3. The Labute approximate surface area is 141 Å². The second-order valence-corrected chi connectivity index (χ2v) is 5.55. The SMILES string of the molecule is CCCc1ccc(C(=O)[C@@H](C)OC(=O)c2ccc(C#N)cc2)cc1. The maximum absolute atomic E-state index is 12.4. The molecule has 2 aromatic carbocycles. The minimum atomic E-state index is -0.870. The number of benzene rings is 2. The molecule has 0 aromatic heterocycles. The number of ketones is 1. The van der Waals surface area contributed by atoms with Gasteiger partial charge in [-0.05, 0) is 43.2 Å². The first-order chi connectivity index (χ1) is 11.5. The lowest BCUT2D eigenvalue weighted by molar-refractivity contribution is 0.0319.